The van der Waals surface area contributed by atoms with Gasteiger partial charge in [0.1, 0.15) is 0 Å². The molecular formula is C11H18O4. The Morgan fingerprint density at radius 2 is 1.73 bits per heavy atom. The molecule has 0 heterocycles. The second-order valence-electron chi connectivity index (χ2n) is 3.14. The highest BCUT2D eigenvalue weighted by atomic mass is 16.5. The smallest absolute Gasteiger partial charge is 0.374 e. The number of ether oxygens (including phenoxy) is 2. The molecule has 0 N–H and O–H groups in total. The summed E-state index contributed by atoms with van der Waals surface area (Å²) in [6.07, 6.45) is 5.16. The summed E-state index contributed by atoms with van der Waals surface area (Å²) < 4.78 is 9.64. The van der Waals surface area contributed by atoms with Crippen LogP contribution in [0.1, 0.15) is 32.6 Å². The molecule has 0 aliphatic carbocycles. The number of rotatable bonds is 9. The maximum absolute atomic E-state index is 10.7. The molecule has 0 aromatic carbocycles. The summed E-state index contributed by atoms with van der Waals surface area (Å²) in [5.41, 5.74) is 0. The number of hydrogen-bond donors (Lipinski definition) is 0. The van der Waals surface area contributed by atoms with Gasteiger partial charge in [0, 0.05) is 6.92 Å². The molecule has 0 aromatic heterocycles. The van der Waals surface area contributed by atoms with Gasteiger partial charge in [0.05, 0.1) is 19.5 Å². The number of ketones is 1. The SMILES string of the molecule is C=COCCCCCCOC(=O)C(C)=O. The van der Waals surface area contributed by atoms with Crippen LogP contribution in [-0.2, 0) is 19.1 Å². The number of hydrogen-bond acceptors (Lipinski definition) is 4. The van der Waals surface area contributed by atoms with E-state index >= 15 is 0 Å². The zero-order chi connectivity index (χ0) is 11.5. The molecule has 0 radical (unpaired) electrons. The van der Waals surface area contributed by atoms with Crippen LogP contribution in [0.3, 0.4) is 0 Å². The first-order chi connectivity index (χ1) is 7.18. The summed E-state index contributed by atoms with van der Waals surface area (Å²) in [5.74, 6) is -1.29. The van der Waals surface area contributed by atoms with Gasteiger partial charge in [-0.05, 0) is 25.7 Å². The first kappa shape index (κ1) is 13.7. The quantitative estimate of drug-likeness (QED) is 0.254. The second-order valence-corrected chi connectivity index (χ2v) is 3.14. The van der Waals surface area contributed by atoms with Gasteiger partial charge in [0.2, 0.25) is 5.78 Å². The largest absolute Gasteiger partial charge is 0.502 e. The first-order valence-electron chi connectivity index (χ1n) is 5.08. The molecule has 4 heteroatoms. The van der Waals surface area contributed by atoms with Crippen LogP contribution in [0, 0.1) is 0 Å². The van der Waals surface area contributed by atoms with Gasteiger partial charge in [0.15, 0.2) is 0 Å². The van der Waals surface area contributed by atoms with Crippen LogP contribution in [0.5, 0.6) is 0 Å². The fourth-order valence-electron chi connectivity index (χ4n) is 0.991. The van der Waals surface area contributed by atoms with E-state index in [1.165, 1.54) is 13.2 Å². The second kappa shape index (κ2) is 9.24. The van der Waals surface area contributed by atoms with Crippen LogP contribution in [0.25, 0.3) is 0 Å². The summed E-state index contributed by atoms with van der Waals surface area (Å²) in [6, 6.07) is 0. The fourth-order valence-corrected chi connectivity index (χ4v) is 0.991. The minimum absolute atomic E-state index is 0.320. The van der Waals surface area contributed by atoms with Crippen LogP contribution in [0.4, 0.5) is 0 Å². The lowest BCUT2D eigenvalue weighted by molar-refractivity contribution is -0.153. The number of carbonyl (C=O) groups is 2. The topological polar surface area (TPSA) is 52.6 Å². The Balaban J connectivity index is 3.14. The molecule has 0 saturated heterocycles. The van der Waals surface area contributed by atoms with Gasteiger partial charge in [-0.1, -0.05) is 6.58 Å². The van der Waals surface area contributed by atoms with E-state index in [4.69, 9.17) is 9.47 Å². The predicted octanol–water partition coefficient (Wildman–Crippen LogP) is 1.84. The Bertz CT molecular complexity index is 211. The van der Waals surface area contributed by atoms with Crippen molar-refractivity contribution >= 4 is 11.8 Å². The van der Waals surface area contributed by atoms with Crippen molar-refractivity contribution in [3.8, 4) is 0 Å². The van der Waals surface area contributed by atoms with E-state index in [-0.39, 0.29) is 0 Å². The van der Waals surface area contributed by atoms with Gasteiger partial charge < -0.3 is 9.47 Å². The summed E-state index contributed by atoms with van der Waals surface area (Å²) in [6.45, 7) is 5.63. The zero-order valence-corrected chi connectivity index (χ0v) is 9.16. The van der Waals surface area contributed by atoms with Gasteiger partial charge in [-0.25, -0.2) is 4.79 Å². The Labute approximate surface area is 90.2 Å². The molecule has 0 amide bonds. The van der Waals surface area contributed by atoms with Crippen molar-refractivity contribution in [1.82, 2.24) is 0 Å². The highest BCUT2D eigenvalue weighted by Gasteiger charge is 2.07. The third-order valence-corrected chi connectivity index (χ3v) is 1.79. The van der Waals surface area contributed by atoms with E-state index in [1.807, 2.05) is 0 Å². The third kappa shape index (κ3) is 9.00. The molecule has 0 fully saturated rings. The Hall–Kier alpha value is -1.32. The summed E-state index contributed by atoms with van der Waals surface area (Å²) in [4.78, 5) is 21.2. The van der Waals surface area contributed by atoms with Crippen LogP contribution in [0.15, 0.2) is 12.8 Å². The molecule has 0 saturated carbocycles. The lowest BCUT2D eigenvalue weighted by Crippen LogP contribution is -2.14. The molecule has 15 heavy (non-hydrogen) atoms. The molecule has 4 nitrogen and oxygen atoms in total. The van der Waals surface area contributed by atoms with Crippen molar-refractivity contribution in [3.05, 3.63) is 12.8 Å². The van der Waals surface area contributed by atoms with E-state index in [0.717, 1.165) is 25.7 Å². The number of Topliss-reactive ketones (excluding diaryl/α,β-unsaturated/α-hetero) is 1. The van der Waals surface area contributed by atoms with E-state index in [9.17, 15) is 9.59 Å². The van der Waals surface area contributed by atoms with Crippen LogP contribution in [0.2, 0.25) is 0 Å². The first-order valence-corrected chi connectivity index (χ1v) is 5.08. The Kier molecular flexibility index (Phi) is 8.43. The van der Waals surface area contributed by atoms with Crippen LogP contribution < -0.4 is 0 Å². The average molecular weight is 214 g/mol. The van der Waals surface area contributed by atoms with Gasteiger partial charge in [-0.15, -0.1) is 0 Å². The zero-order valence-electron chi connectivity index (χ0n) is 9.16. The van der Waals surface area contributed by atoms with Crippen molar-refractivity contribution in [2.75, 3.05) is 13.2 Å². The number of unbranched alkanes of at least 4 members (excludes halogenated alkanes) is 3. The molecule has 0 spiro atoms. The molecule has 0 rings (SSSR count). The number of carbonyl (C=O) groups excluding carboxylic acids is 2. The van der Waals surface area contributed by atoms with E-state index in [2.05, 4.69) is 6.58 Å². The number of esters is 1. The molecule has 86 valence electrons. The van der Waals surface area contributed by atoms with Crippen LogP contribution in [-0.4, -0.2) is 25.0 Å². The minimum Gasteiger partial charge on any atom is -0.502 e. The standard InChI is InChI=1S/C11H18O4/c1-3-14-8-6-4-5-7-9-15-11(13)10(2)12/h3H,1,4-9H2,2H3. The molecule has 0 aliphatic heterocycles. The molecule has 0 unspecified atom stereocenters. The molecule has 0 aromatic rings. The van der Waals surface area contributed by atoms with Crippen molar-refractivity contribution < 1.29 is 19.1 Å². The maximum atomic E-state index is 10.7. The maximum Gasteiger partial charge on any atom is 0.374 e. The molecular weight excluding hydrogens is 196 g/mol. The van der Waals surface area contributed by atoms with Gasteiger partial charge in [0.25, 0.3) is 0 Å². The van der Waals surface area contributed by atoms with Crippen molar-refractivity contribution in [2.24, 2.45) is 0 Å². The van der Waals surface area contributed by atoms with Gasteiger partial charge in [-0.2, -0.15) is 0 Å². The lowest BCUT2D eigenvalue weighted by Gasteiger charge is -2.02. The third-order valence-electron chi connectivity index (χ3n) is 1.79. The van der Waals surface area contributed by atoms with Crippen molar-refractivity contribution in [1.29, 1.82) is 0 Å². The van der Waals surface area contributed by atoms with E-state index in [0.29, 0.717) is 13.2 Å². The molecule has 0 bridgehead atoms. The van der Waals surface area contributed by atoms with Crippen LogP contribution >= 0.6 is 0 Å². The molecule has 0 atom stereocenters. The lowest BCUT2D eigenvalue weighted by atomic mass is 10.2. The monoisotopic (exact) mass is 214 g/mol. The van der Waals surface area contributed by atoms with E-state index in [1.54, 1.807) is 0 Å². The summed E-state index contributed by atoms with van der Waals surface area (Å²) in [7, 11) is 0. The Morgan fingerprint density at radius 3 is 2.27 bits per heavy atom. The van der Waals surface area contributed by atoms with Gasteiger partial charge >= 0.3 is 5.97 Å². The summed E-state index contributed by atoms with van der Waals surface area (Å²) >= 11 is 0. The highest BCUT2D eigenvalue weighted by molar-refractivity contribution is 6.32. The predicted molar refractivity (Wildman–Crippen MR) is 56.3 cm³/mol. The summed E-state index contributed by atoms with van der Waals surface area (Å²) in [5, 5.41) is 0. The minimum atomic E-state index is -0.745. The normalized spacial score (nSPS) is 9.40. The average Bonchev–Trinajstić information content (AvgIpc) is 2.21. The van der Waals surface area contributed by atoms with Crippen molar-refractivity contribution in [2.45, 2.75) is 32.6 Å². The Morgan fingerprint density at radius 1 is 1.13 bits per heavy atom. The molecule has 0 aliphatic rings. The highest BCUT2D eigenvalue weighted by Crippen LogP contribution is 2.00. The fraction of sp³-hybridized carbons (Fsp3) is 0.636. The van der Waals surface area contributed by atoms with Gasteiger partial charge in [-0.3, -0.25) is 4.79 Å². The van der Waals surface area contributed by atoms with E-state index < -0.39 is 11.8 Å². The van der Waals surface area contributed by atoms with Crippen molar-refractivity contribution in [3.63, 3.8) is 0 Å².